The van der Waals surface area contributed by atoms with Gasteiger partial charge in [-0.25, -0.2) is 4.98 Å². The Bertz CT molecular complexity index is 678. The van der Waals surface area contributed by atoms with Gasteiger partial charge in [0.25, 0.3) is 5.91 Å². The molecule has 8 heteroatoms. The Labute approximate surface area is 148 Å². The molecular weight excluding hydrogens is 357 g/mol. The first-order valence-electron chi connectivity index (χ1n) is 7.07. The van der Waals surface area contributed by atoms with Crippen molar-refractivity contribution in [1.29, 1.82) is 0 Å². The zero-order valence-electron chi connectivity index (χ0n) is 12.5. The molecule has 1 fully saturated rings. The summed E-state index contributed by atoms with van der Waals surface area (Å²) in [4.78, 5) is 20.9. The molecule has 1 amide bonds. The van der Waals surface area contributed by atoms with E-state index in [-0.39, 0.29) is 5.91 Å². The van der Waals surface area contributed by atoms with E-state index < -0.39 is 0 Å². The zero-order chi connectivity index (χ0) is 16.4. The second-order valence-electron chi connectivity index (χ2n) is 5.07. The lowest BCUT2D eigenvalue weighted by Gasteiger charge is -2.34. The summed E-state index contributed by atoms with van der Waals surface area (Å²) in [6.07, 6.45) is 1.79. The summed E-state index contributed by atoms with van der Waals surface area (Å²) in [5.41, 5.74) is 0.475. The molecule has 5 nitrogen and oxygen atoms in total. The molecule has 0 spiro atoms. The largest absolute Gasteiger partial charge is 0.494 e. The average molecular weight is 372 g/mol. The second-order valence-corrected chi connectivity index (χ2v) is 6.75. The molecule has 1 aromatic heterocycles. The number of methoxy groups -OCH3 is 1. The number of piperazine rings is 1. The van der Waals surface area contributed by atoms with Gasteiger partial charge in [-0.15, -0.1) is 11.3 Å². The van der Waals surface area contributed by atoms with E-state index in [0.717, 1.165) is 18.2 Å². The standard InChI is InChI=1S/C15H15Cl2N3O2S/c1-22-13-11(16)8-10(9-12(13)17)14(21)19-3-5-20(6-4-19)15-18-2-7-23-15/h2,7-9H,3-6H2,1H3. The molecule has 0 saturated carbocycles. The lowest BCUT2D eigenvalue weighted by atomic mass is 10.1. The highest BCUT2D eigenvalue weighted by Gasteiger charge is 2.24. The molecule has 1 aromatic carbocycles. The number of ether oxygens (including phenoxy) is 1. The topological polar surface area (TPSA) is 45.7 Å². The smallest absolute Gasteiger partial charge is 0.254 e. The molecule has 2 aromatic rings. The molecule has 2 heterocycles. The summed E-state index contributed by atoms with van der Waals surface area (Å²) in [5.74, 6) is 0.314. The van der Waals surface area contributed by atoms with E-state index in [9.17, 15) is 4.79 Å². The number of carbonyl (C=O) groups is 1. The van der Waals surface area contributed by atoms with Crippen molar-refractivity contribution in [1.82, 2.24) is 9.88 Å². The maximum Gasteiger partial charge on any atom is 0.254 e. The summed E-state index contributed by atoms with van der Waals surface area (Å²) in [6.45, 7) is 2.80. The third-order valence-corrected chi connectivity index (χ3v) is 5.10. The van der Waals surface area contributed by atoms with E-state index in [1.165, 1.54) is 7.11 Å². The quantitative estimate of drug-likeness (QED) is 0.828. The Morgan fingerprint density at radius 3 is 2.39 bits per heavy atom. The minimum atomic E-state index is -0.0739. The minimum absolute atomic E-state index is 0.0739. The number of nitrogens with zero attached hydrogens (tertiary/aromatic N) is 3. The van der Waals surface area contributed by atoms with E-state index >= 15 is 0 Å². The van der Waals surface area contributed by atoms with Crippen LogP contribution in [0.4, 0.5) is 5.13 Å². The van der Waals surface area contributed by atoms with E-state index in [1.807, 2.05) is 5.38 Å². The lowest BCUT2D eigenvalue weighted by Crippen LogP contribution is -2.48. The number of amides is 1. The molecule has 0 N–H and O–H groups in total. The van der Waals surface area contributed by atoms with Crippen LogP contribution in [0.15, 0.2) is 23.7 Å². The molecule has 3 rings (SSSR count). The first-order chi connectivity index (χ1) is 11.1. The second kappa shape index (κ2) is 6.95. The van der Waals surface area contributed by atoms with Crippen molar-refractivity contribution in [2.24, 2.45) is 0 Å². The number of benzene rings is 1. The van der Waals surface area contributed by atoms with Crippen LogP contribution in [0.2, 0.25) is 10.0 Å². The van der Waals surface area contributed by atoms with Crippen LogP contribution in [0.5, 0.6) is 5.75 Å². The maximum absolute atomic E-state index is 12.6. The van der Waals surface area contributed by atoms with Crippen LogP contribution < -0.4 is 9.64 Å². The highest BCUT2D eigenvalue weighted by atomic mass is 35.5. The molecular formula is C15H15Cl2N3O2S. The van der Waals surface area contributed by atoms with E-state index in [4.69, 9.17) is 27.9 Å². The highest BCUT2D eigenvalue weighted by Crippen LogP contribution is 2.34. The van der Waals surface area contributed by atoms with Gasteiger partial charge >= 0.3 is 0 Å². The minimum Gasteiger partial charge on any atom is -0.494 e. The Balaban J connectivity index is 1.70. The normalized spacial score (nSPS) is 14.9. The van der Waals surface area contributed by atoms with Crippen molar-refractivity contribution >= 4 is 45.6 Å². The average Bonchev–Trinajstić information content (AvgIpc) is 3.08. The number of hydrogen-bond donors (Lipinski definition) is 0. The van der Waals surface area contributed by atoms with Crippen LogP contribution in [-0.2, 0) is 0 Å². The van der Waals surface area contributed by atoms with Crippen molar-refractivity contribution < 1.29 is 9.53 Å². The van der Waals surface area contributed by atoms with Gasteiger partial charge in [-0.1, -0.05) is 23.2 Å². The predicted octanol–water partition coefficient (Wildman–Crippen LogP) is 3.42. The van der Waals surface area contributed by atoms with Crippen LogP contribution in [0.3, 0.4) is 0 Å². The number of hydrogen-bond acceptors (Lipinski definition) is 5. The Hall–Kier alpha value is -1.50. The fourth-order valence-electron chi connectivity index (χ4n) is 2.53. The monoisotopic (exact) mass is 371 g/mol. The van der Waals surface area contributed by atoms with Crippen molar-refractivity contribution in [3.8, 4) is 5.75 Å². The third kappa shape index (κ3) is 3.39. The van der Waals surface area contributed by atoms with Crippen LogP contribution in [0.1, 0.15) is 10.4 Å². The van der Waals surface area contributed by atoms with Gasteiger partial charge in [-0.05, 0) is 12.1 Å². The maximum atomic E-state index is 12.6. The molecule has 122 valence electrons. The first-order valence-corrected chi connectivity index (χ1v) is 8.70. The fourth-order valence-corrected chi connectivity index (χ4v) is 3.87. The summed E-state index contributed by atoms with van der Waals surface area (Å²) in [7, 11) is 1.49. The van der Waals surface area contributed by atoms with Gasteiger partial charge in [-0.2, -0.15) is 0 Å². The zero-order valence-corrected chi connectivity index (χ0v) is 14.8. The van der Waals surface area contributed by atoms with E-state index in [0.29, 0.717) is 34.4 Å². The molecule has 1 aliphatic rings. The van der Waals surface area contributed by atoms with Gasteiger partial charge < -0.3 is 14.5 Å². The molecule has 0 bridgehead atoms. The predicted molar refractivity (Wildman–Crippen MR) is 93.2 cm³/mol. The number of carbonyl (C=O) groups excluding carboxylic acids is 1. The fraction of sp³-hybridized carbons (Fsp3) is 0.333. The van der Waals surface area contributed by atoms with Gasteiger partial charge in [0.05, 0.1) is 17.2 Å². The molecule has 0 aliphatic carbocycles. The Morgan fingerprint density at radius 2 is 1.87 bits per heavy atom. The van der Waals surface area contributed by atoms with Crippen molar-refractivity contribution in [3.05, 3.63) is 39.3 Å². The summed E-state index contributed by atoms with van der Waals surface area (Å²) < 4.78 is 5.11. The molecule has 0 unspecified atom stereocenters. The highest BCUT2D eigenvalue weighted by molar-refractivity contribution is 7.13. The van der Waals surface area contributed by atoms with Gasteiger partial charge in [0.2, 0.25) is 0 Å². The number of anilines is 1. The van der Waals surface area contributed by atoms with Crippen LogP contribution in [0.25, 0.3) is 0 Å². The lowest BCUT2D eigenvalue weighted by molar-refractivity contribution is 0.0746. The SMILES string of the molecule is COc1c(Cl)cc(C(=O)N2CCN(c3nccs3)CC2)cc1Cl. The van der Waals surface area contributed by atoms with Crippen molar-refractivity contribution in [3.63, 3.8) is 0 Å². The number of halogens is 2. The van der Waals surface area contributed by atoms with Crippen molar-refractivity contribution in [2.75, 3.05) is 38.2 Å². The van der Waals surface area contributed by atoms with Gasteiger partial charge in [-0.3, -0.25) is 4.79 Å². The molecule has 0 radical (unpaired) electrons. The molecule has 23 heavy (non-hydrogen) atoms. The first kappa shape index (κ1) is 16.4. The summed E-state index contributed by atoms with van der Waals surface area (Å²) >= 11 is 13.8. The molecule has 1 saturated heterocycles. The number of aromatic nitrogens is 1. The Kier molecular flexibility index (Phi) is 4.94. The van der Waals surface area contributed by atoms with E-state index in [2.05, 4.69) is 9.88 Å². The van der Waals surface area contributed by atoms with Crippen LogP contribution in [0, 0.1) is 0 Å². The van der Waals surface area contributed by atoms with Gasteiger partial charge in [0.1, 0.15) is 0 Å². The third-order valence-electron chi connectivity index (χ3n) is 3.71. The number of rotatable bonds is 3. The number of thiazole rings is 1. The van der Waals surface area contributed by atoms with Crippen LogP contribution in [-0.4, -0.2) is 49.1 Å². The Morgan fingerprint density at radius 1 is 1.22 bits per heavy atom. The van der Waals surface area contributed by atoms with E-state index in [1.54, 1.807) is 34.6 Å². The van der Waals surface area contributed by atoms with Gasteiger partial charge in [0.15, 0.2) is 10.9 Å². The summed E-state index contributed by atoms with van der Waals surface area (Å²) in [6, 6.07) is 3.20. The van der Waals surface area contributed by atoms with Gasteiger partial charge in [0, 0.05) is 43.3 Å². The van der Waals surface area contributed by atoms with Crippen molar-refractivity contribution in [2.45, 2.75) is 0 Å². The molecule has 0 atom stereocenters. The van der Waals surface area contributed by atoms with Crippen LogP contribution >= 0.6 is 34.5 Å². The summed E-state index contributed by atoms with van der Waals surface area (Å²) in [5, 5.41) is 3.62. The molecule has 1 aliphatic heterocycles.